The van der Waals surface area contributed by atoms with E-state index >= 15 is 0 Å². The fraction of sp³-hybridized carbons (Fsp3) is 0.944. The number of hydrogen-bond acceptors (Lipinski definition) is 9. The van der Waals surface area contributed by atoms with E-state index in [1.165, 1.54) is 32.1 Å². The summed E-state index contributed by atoms with van der Waals surface area (Å²) < 4.78 is 37.6. The summed E-state index contributed by atoms with van der Waals surface area (Å²) >= 11 is 0. The lowest BCUT2D eigenvalue weighted by Gasteiger charge is -2.37. The Morgan fingerprint density at radius 2 is 1.41 bits per heavy atom. The molecule has 1 saturated heterocycles. The molecule has 0 radical (unpaired) electrons. The van der Waals surface area contributed by atoms with Crippen molar-refractivity contribution in [1.82, 2.24) is 0 Å². The van der Waals surface area contributed by atoms with Crippen LogP contribution in [0.1, 0.15) is 71.1 Å². The van der Waals surface area contributed by atoms with Crippen LogP contribution < -0.4 is 0 Å². The maximum atomic E-state index is 11.9. The Kier molecular flexibility index (Phi) is 12.2. The number of aliphatic carboxylic acids is 1. The zero-order valence-electron chi connectivity index (χ0n) is 16.8. The van der Waals surface area contributed by atoms with E-state index in [1.54, 1.807) is 0 Å². The molecule has 4 N–H and O–H groups in total. The average Bonchev–Trinajstić information content (AvgIpc) is 2.66. The predicted octanol–water partition coefficient (Wildman–Crippen LogP) is 1.08. The molecule has 172 valence electrons. The van der Waals surface area contributed by atoms with E-state index in [1.807, 2.05) is 0 Å². The Balaban J connectivity index is 2.28. The third-order valence-corrected chi connectivity index (χ3v) is 5.67. The second-order valence-electron chi connectivity index (χ2n) is 7.24. The second kappa shape index (κ2) is 13.5. The third kappa shape index (κ3) is 9.69. The number of rotatable bonds is 15. The van der Waals surface area contributed by atoms with Crippen LogP contribution in [-0.4, -0.2) is 72.1 Å². The number of hydrogen-bond donors (Lipinski definition) is 4. The largest absolute Gasteiger partial charge is 0.479 e. The number of carboxylic acid groups (broad SMARTS) is 1. The topological polar surface area (TPSA) is 160 Å². The maximum Gasteiger partial charge on any atom is 0.400 e. The summed E-state index contributed by atoms with van der Waals surface area (Å²) in [4.78, 5) is 11.0. The number of aliphatic hydroxyl groups is 3. The van der Waals surface area contributed by atoms with Crippen molar-refractivity contribution in [3.63, 3.8) is 0 Å². The molecule has 0 aliphatic carbocycles. The average molecular weight is 443 g/mol. The van der Waals surface area contributed by atoms with Crippen molar-refractivity contribution in [2.45, 2.75) is 102 Å². The number of carbonyl (C=O) groups is 1. The van der Waals surface area contributed by atoms with Crippen LogP contribution in [0.15, 0.2) is 0 Å². The van der Waals surface area contributed by atoms with Crippen LogP contribution >= 0.6 is 0 Å². The molecule has 1 aliphatic rings. The Bertz CT molecular complexity index is 567. The van der Waals surface area contributed by atoms with Crippen molar-refractivity contribution >= 4 is 16.4 Å². The smallest absolute Gasteiger partial charge is 0.400 e. The lowest BCUT2D eigenvalue weighted by Crippen LogP contribution is -2.61. The Morgan fingerprint density at radius 3 is 1.93 bits per heavy atom. The van der Waals surface area contributed by atoms with Crippen LogP contribution in [-0.2, 0) is 28.3 Å². The first-order valence-corrected chi connectivity index (χ1v) is 11.5. The van der Waals surface area contributed by atoms with Crippen molar-refractivity contribution in [3.8, 4) is 0 Å². The van der Waals surface area contributed by atoms with Gasteiger partial charge in [-0.1, -0.05) is 64.7 Å². The molecule has 10 nitrogen and oxygen atoms in total. The van der Waals surface area contributed by atoms with Gasteiger partial charge < -0.3 is 25.2 Å². The molecule has 0 aromatic heterocycles. The van der Waals surface area contributed by atoms with E-state index in [4.69, 9.17) is 5.11 Å². The molecule has 1 heterocycles. The zero-order valence-corrected chi connectivity index (χ0v) is 17.6. The standard InChI is InChI=1S/C18H34O10S/c1-2-3-4-5-6-7-8-9-10-11-12-26-29(24,25)28-15-13(19)16(17(21)22)27-18(23)14(15)20/h13-16,18-20,23H,2-12H2,1H3,(H,21,22)/t13-,14+,15-,16-,18+/m0/s1. The highest BCUT2D eigenvalue weighted by Gasteiger charge is 2.49. The fourth-order valence-corrected chi connectivity index (χ4v) is 3.96. The van der Waals surface area contributed by atoms with Gasteiger partial charge in [-0.2, -0.15) is 8.42 Å². The first kappa shape index (κ1) is 26.2. The van der Waals surface area contributed by atoms with E-state index in [2.05, 4.69) is 20.0 Å². The molecule has 0 unspecified atom stereocenters. The number of ether oxygens (including phenoxy) is 1. The molecule has 0 aromatic rings. The van der Waals surface area contributed by atoms with Crippen LogP contribution in [0.5, 0.6) is 0 Å². The monoisotopic (exact) mass is 442 g/mol. The highest BCUT2D eigenvalue weighted by Crippen LogP contribution is 2.24. The molecule has 29 heavy (non-hydrogen) atoms. The molecule has 0 bridgehead atoms. The molecule has 11 heteroatoms. The van der Waals surface area contributed by atoms with Gasteiger partial charge in [-0.3, -0.25) is 0 Å². The third-order valence-electron chi connectivity index (χ3n) is 4.76. The lowest BCUT2D eigenvalue weighted by molar-refractivity contribution is -0.275. The van der Waals surface area contributed by atoms with Gasteiger partial charge in [-0.25, -0.2) is 13.2 Å². The molecule has 1 aliphatic heterocycles. The van der Waals surface area contributed by atoms with Gasteiger partial charge in [0.05, 0.1) is 6.61 Å². The quantitative estimate of drug-likeness (QED) is 0.270. The summed E-state index contributed by atoms with van der Waals surface area (Å²) in [5.74, 6) is -1.64. The number of carboxylic acids is 1. The molecular weight excluding hydrogens is 408 g/mol. The fourth-order valence-electron chi connectivity index (χ4n) is 3.08. The first-order valence-electron chi connectivity index (χ1n) is 10.2. The van der Waals surface area contributed by atoms with E-state index in [0.717, 1.165) is 25.7 Å². The van der Waals surface area contributed by atoms with Crippen LogP contribution in [0.4, 0.5) is 0 Å². The highest BCUT2D eigenvalue weighted by atomic mass is 32.3. The molecule has 1 rings (SSSR count). The molecule has 0 aromatic carbocycles. The Morgan fingerprint density at radius 1 is 0.897 bits per heavy atom. The van der Waals surface area contributed by atoms with Crippen molar-refractivity contribution in [2.24, 2.45) is 0 Å². The molecule has 5 atom stereocenters. The molecular formula is C18H34O10S. The van der Waals surface area contributed by atoms with Gasteiger partial charge in [0.25, 0.3) is 0 Å². The lowest BCUT2D eigenvalue weighted by atomic mass is 9.99. The first-order chi connectivity index (χ1) is 13.7. The summed E-state index contributed by atoms with van der Waals surface area (Å²) in [6.45, 7) is 2.04. The van der Waals surface area contributed by atoms with Crippen molar-refractivity contribution in [1.29, 1.82) is 0 Å². The van der Waals surface area contributed by atoms with Crippen LogP contribution in [0.25, 0.3) is 0 Å². The highest BCUT2D eigenvalue weighted by molar-refractivity contribution is 7.81. The van der Waals surface area contributed by atoms with Gasteiger partial charge in [-0.15, -0.1) is 0 Å². The molecule has 1 fully saturated rings. The van der Waals surface area contributed by atoms with Crippen molar-refractivity contribution in [3.05, 3.63) is 0 Å². The normalized spacial score (nSPS) is 27.8. The Labute approximate surface area is 172 Å². The summed E-state index contributed by atoms with van der Waals surface area (Å²) in [5.41, 5.74) is 0. The minimum absolute atomic E-state index is 0.140. The maximum absolute atomic E-state index is 11.9. The van der Waals surface area contributed by atoms with Crippen molar-refractivity contribution in [2.75, 3.05) is 6.61 Å². The summed E-state index contributed by atoms with van der Waals surface area (Å²) in [7, 11) is -4.61. The van der Waals surface area contributed by atoms with Crippen molar-refractivity contribution < 1.29 is 46.7 Å². The van der Waals surface area contributed by atoms with Gasteiger partial charge >= 0.3 is 16.4 Å². The SMILES string of the molecule is CCCCCCCCCCCCOS(=O)(=O)O[C@@H]1[C@@H](O)[C@H](O)O[C@H](C(=O)O)[C@H]1O. The van der Waals surface area contributed by atoms with E-state index in [0.29, 0.717) is 6.42 Å². The summed E-state index contributed by atoms with van der Waals surface area (Å²) in [6.07, 6.45) is 0.780. The van der Waals surface area contributed by atoms with E-state index in [9.17, 15) is 28.5 Å². The molecule has 0 saturated carbocycles. The van der Waals surface area contributed by atoms with Gasteiger partial charge in [0.2, 0.25) is 0 Å². The van der Waals surface area contributed by atoms with E-state index < -0.39 is 47.1 Å². The minimum atomic E-state index is -4.61. The second-order valence-corrected chi connectivity index (χ2v) is 8.48. The number of aliphatic hydroxyl groups excluding tert-OH is 3. The molecule has 0 amide bonds. The zero-order chi connectivity index (χ0) is 21.9. The summed E-state index contributed by atoms with van der Waals surface area (Å²) in [5, 5.41) is 38.1. The van der Waals surface area contributed by atoms with Gasteiger partial charge in [0, 0.05) is 0 Å². The van der Waals surface area contributed by atoms with Crippen LogP contribution in [0, 0.1) is 0 Å². The predicted molar refractivity (Wildman–Crippen MR) is 102 cm³/mol. The molecule has 0 spiro atoms. The van der Waals surface area contributed by atoms with Crippen LogP contribution in [0.3, 0.4) is 0 Å². The Hall–Kier alpha value is -0.820. The summed E-state index contributed by atoms with van der Waals surface area (Å²) in [6, 6.07) is 0. The van der Waals surface area contributed by atoms with E-state index in [-0.39, 0.29) is 6.61 Å². The number of unbranched alkanes of at least 4 members (excludes halogenated alkanes) is 9. The minimum Gasteiger partial charge on any atom is -0.479 e. The van der Waals surface area contributed by atoms with Gasteiger partial charge in [0.1, 0.15) is 18.3 Å². The van der Waals surface area contributed by atoms with Gasteiger partial charge in [0.15, 0.2) is 12.4 Å². The van der Waals surface area contributed by atoms with Gasteiger partial charge in [-0.05, 0) is 6.42 Å². The van der Waals surface area contributed by atoms with Crippen LogP contribution in [0.2, 0.25) is 0 Å².